The Labute approximate surface area is 131 Å². The molecule has 0 aromatic carbocycles. The van der Waals surface area contributed by atoms with Gasteiger partial charge in [0.15, 0.2) is 12.2 Å². The lowest BCUT2D eigenvalue weighted by atomic mass is 10.1. The van der Waals surface area contributed by atoms with E-state index in [-0.39, 0.29) is 0 Å². The number of carbonyl (C=O) groups excluding carboxylic acids is 2. The number of rotatable bonds is 5. The summed E-state index contributed by atoms with van der Waals surface area (Å²) in [7, 11) is 0. The van der Waals surface area contributed by atoms with Gasteiger partial charge in [0.2, 0.25) is 6.23 Å². The molecule has 0 saturated carbocycles. The van der Waals surface area contributed by atoms with Crippen molar-refractivity contribution in [3.8, 4) is 0 Å². The van der Waals surface area contributed by atoms with Gasteiger partial charge < -0.3 is 29.4 Å². The fourth-order valence-corrected chi connectivity index (χ4v) is 2.30. The molecule has 0 bridgehead atoms. The molecular weight excluding hydrogens is 314 g/mol. The molecule has 126 valence electrons. The van der Waals surface area contributed by atoms with Crippen LogP contribution in [0.4, 0.5) is 5.95 Å². The average Bonchev–Trinajstić information content (AvgIpc) is 3.03. The third-order valence-corrected chi connectivity index (χ3v) is 3.06. The molecule has 1 aliphatic heterocycles. The van der Waals surface area contributed by atoms with Gasteiger partial charge in [-0.15, -0.1) is 0 Å². The summed E-state index contributed by atoms with van der Waals surface area (Å²) in [6.07, 6.45) is -2.94. The Morgan fingerprint density at radius 3 is 2.61 bits per heavy atom. The Morgan fingerprint density at radius 2 is 2.09 bits per heavy atom. The summed E-state index contributed by atoms with van der Waals surface area (Å²) in [5.74, 6) is -2.11. The minimum absolute atomic E-state index is 0.598. The Balaban J connectivity index is 2.44. The van der Waals surface area contributed by atoms with Crippen LogP contribution in [-0.4, -0.2) is 56.4 Å². The molecule has 1 N–H and O–H groups in total. The summed E-state index contributed by atoms with van der Waals surface area (Å²) in [5, 5.41) is 20.6. The Morgan fingerprint density at radius 1 is 1.48 bits per heavy atom. The van der Waals surface area contributed by atoms with Gasteiger partial charge in [0.05, 0.1) is 7.95 Å². The lowest BCUT2D eigenvalue weighted by Crippen LogP contribution is -2.40. The highest BCUT2D eigenvalue weighted by Gasteiger charge is 2.52. The van der Waals surface area contributed by atoms with Gasteiger partial charge >= 0.3 is 17.9 Å². The van der Waals surface area contributed by atoms with E-state index in [9.17, 15) is 24.8 Å². The number of ether oxygens (including phenoxy) is 3. The van der Waals surface area contributed by atoms with E-state index in [1.807, 2.05) is 0 Å². The van der Waals surface area contributed by atoms with E-state index >= 15 is 0 Å². The molecule has 2 heterocycles. The highest BCUT2D eigenvalue weighted by molar-refractivity contribution is 5.67. The summed E-state index contributed by atoms with van der Waals surface area (Å²) >= 11 is 0. The van der Waals surface area contributed by atoms with Crippen LogP contribution in [0.15, 0.2) is 12.4 Å². The average molecular weight is 331 g/mol. The number of carbonyl (C=O) groups is 2. The number of nitrogens with zero attached hydrogens (tertiary/aromatic N) is 3. The molecule has 11 heteroatoms. The molecule has 1 aromatic heterocycles. The van der Waals surface area contributed by atoms with E-state index in [1.54, 1.807) is 0 Å². The summed E-state index contributed by atoms with van der Waals surface area (Å²) in [6, 6.07) is 0. The third-order valence-electron chi connectivity index (χ3n) is 3.06. The zero-order valence-corrected chi connectivity index (χ0v) is 12.2. The van der Waals surface area contributed by atoms with Gasteiger partial charge in [-0.1, -0.05) is 4.98 Å². The maximum atomic E-state index is 11.4. The van der Waals surface area contributed by atoms with E-state index in [2.05, 4.69) is 4.98 Å². The van der Waals surface area contributed by atoms with Crippen LogP contribution in [0.1, 0.15) is 21.4 Å². The quantitative estimate of drug-likeness (QED) is 0.430. The molecule has 0 radical (unpaired) electrons. The van der Waals surface area contributed by atoms with E-state index in [1.165, 1.54) is 6.20 Å². The van der Waals surface area contributed by atoms with Crippen molar-refractivity contribution >= 4 is 17.9 Å². The summed E-state index contributed by atoms with van der Waals surface area (Å²) < 4.78 is 23.9. The first kappa shape index (κ1) is 15.4. The molecule has 0 amide bonds. The number of aliphatic hydroxyl groups is 1. The second kappa shape index (κ2) is 6.71. The lowest BCUT2D eigenvalue weighted by molar-refractivity contribution is -0.398. The first-order chi connectivity index (χ1) is 11.2. The van der Waals surface area contributed by atoms with Gasteiger partial charge in [0.25, 0.3) is 0 Å². The van der Waals surface area contributed by atoms with Gasteiger partial charge in [-0.2, -0.15) is 4.57 Å². The van der Waals surface area contributed by atoms with Crippen LogP contribution in [0, 0.1) is 10.1 Å². The zero-order chi connectivity index (χ0) is 18.0. The van der Waals surface area contributed by atoms with Crippen molar-refractivity contribution in [2.45, 2.75) is 38.4 Å². The molecule has 1 saturated heterocycles. The fraction of sp³-hybridized carbons (Fsp3) is 0.583. The van der Waals surface area contributed by atoms with Crippen LogP contribution in [0.5, 0.6) is 0 Å². The number of aromatic nitrogens is 2. The predicted molar refractivity (Wildman–Crippen MR) is 71.0 cm³/mol. The van der Waals surface area contributed by atoms with Crippen LogP contribution < -0.4 is 0 Å². The second-order valence-corrected chi connectivity index (χ2v) is 4.68. The van der Waals surface area contributed by atoms with Gasteiger partial charge in [-0.25, -0.2) is 0 Å². The summed E-state index contributed by atoms with van der Waals surface area (Å²) in [4.78, 5) is 36.4. The first-order valence-electron chi connectivity index (χ1n) is 7.07. The highest BCUT2D eigenvalue weighted by atomic mass is 16.7. The van der Waals surface area contributed by atoms with Gasteiger partial charge in [0.1, 0.15) is 18.5 Å². The number of hydrogen-bond acceptors (Lipinski definition) is 9. The topological polar surface area (TPSA) is 143 Å². The molecule has 1 aromatic rings. The van der Waals surface area contributed by atoms with Crippen molar-refractivity contribution in [2.75, 3.05) is 6.58 Å². The number of aliphatic hydroxyl groups excluding tert-OH is 1. The highest BCUT2D eigenvalue weighted by Crippen LogP contribution is 2.35. The lowest BCUT2D eigenvalue weighted by Gasteiger charge is -2.22. The summed E-state index contributed by atoms with van der Waals surface area (Å²) in [5.41, 5.74) is 0. The Hall–Kier alpha value is -2.53. The van der Waals surface area contributed by atoms with Gasteiger partial charge in [-0.05, 0) is 4.92 Å². The van der Waals surface area contributed by atoms with Crippen LogP contribution in [0.2, 0.25) is 0 Å². The predicted octanol–water partition coefficient (Wildman–Crippen LogP) is -0.456. The molecule has 2 rings (SSSR count). The van der Waals surface area contributed by atoms with Gasteiger partial charge in [0, 0.05) is 13.8 Å². The van der Waals surface area contributed by atoms with E-state index in [0.29, 0.717) is 0 Å². The molecule has 1 aliphatic rings. The molecule has 1 fully saturated rings. The van der Waals surface area contributed by atoms with Crippen molar-refractivity contribution in [1.82, 2.24) is 9.55 Å². The van der Waals surface area contributed by atoms with Crippen LogP contribution in [0.3, 0.4) is 0 Å². The SMILES string of the molecule is [3H]C(O)[C@H]1O[C@H](n2ccnc2[N+](=O)[O-])[C@@H](OC(C)=O)[C@@H]1OC(C)=O. The van der Waals surface area contributed by atoms with Gasteiger partial charge in [-0.3, -0.25) is 9.59 Å². The van der Waals surface area contributed by atoms with Crippen molar-refractivity contribution in [1.29, 1.82) is 0 Å². The second-order valence-electron chi connectivity index (χ2n) is 4.68. The number of imidazole rings is 1. The first-order valence-corrected chi connectivity index (χ1v) is 6.49. The number of esters is 2. The van der Waals surface area contributed by atoms with Crippen molar-refractivity contribution in [3.05, 3.63) is 22.5 Å². The minimum Gasteiger partial charge on any atom is -0.455 e. The van der Waals surface area contributed by atoms with Crippen LogP contribution >= 0.6 is 0 Å². The zero-order valence-electron chi connectivity index (χ0n) is 13.2. The van der Waals surface area contributed by atoms with Crippen LogP contribution in [-0.2, 0) is 23.8 Å². The standard InChI is InChI=1S/C12H15N3O8/c1-6(17)21-9-8(5-16)23-11(10(9)22-7(2)18)14-4-3-13-12(14)15(19)20/h3-4,8-11,16H,5H2,1-2H3/t8-,9-,10+,11+/m1/s1/i5T/t5?,8-,9-,10+,11+. The minimum atomic E-state index is -1.83. The summed E-state index contributed by atoms with van der Waals surface area (Å²) in [6.45, 7) is 0.347. The van der Waals surface area contributed by atoms with Crippen molar-refractivity contribution in [3.63, 3.8) is 0 Å². The molecule has 0 aliphatic carbocycles. The molecule has 0 spiro atoms. The Kier molecular flexibility index (Phi) is 4.48. The Bertz CT molecular complexity index is 648. The van der Waals surface area contributed by atoms with Crippen molar-refractivity contribution < 1.29 is 35.2 Å². The number of hydrogen-bond donors (Lipinski definition) is 1. The maximum absolute atomic E-state index is 11.4. The van der Waals surface area contributed by atoms with E-state index in [4.69, 9.17) is 15.6 Å². The smallest absolute Gasteiger partial charge is 0.436 e. The van der Waals surface area contributed by atoms with Crippen molar-refractivity contribution in [2.24, 2.45) is 0 Å². The number of nitro groups is 1. The molecular formula is C12H15N3O8. The molecule has 23 heavy (non-hydrogen) atoms. The normalized spacial score (nSPS) is 28.7. The molecule has 1 unspecified atom stereocenters. The van der Waals surface area contributed by atoms with E-state index in [0.717, 1.165) is 24.6 Å². The largest absolute Gasteiger partial charge is 0.455 e. The fourth-order valence-electron chi connectivity index (χ4n) is 2.30. The molecule has 5 atom stereocenters. The maximum Gasteiger partial charge on any atom is 0.436 e. The van der Waals surface area contributed by atoms with E-state index < -0.39 is 53.9 Å². The van der Waals surface area contributed by atoms with Crippen LogP contribution in [0.25, 0.3) is 0 Å². The third kappa shape index (κ3) is 3.46. The molecule has 11 nitrogen and oxygen atoms in total. The monoisotopic (exact) mass is 331 g/mol.